The Morgan fingerprint density at radius 2 is 2.24 bits per heavy atom. The number of nitrogens with one attached hydrogen (secondary N) is 1. The highest BCUT2D eigenvalue weighted by Crippen LogP contribution is 2.17. The van der Waals surface area contributed by atoms with Crippen molar-refractivity contribution in [3.63, 3.8) is 0 Å². The molecule has 1 aromatic rings. The summed E-state index contributed by atoms with van der Waals surface area (Å²) in [5.74, 6) is 0.612. The van der Waals surface area contributed by atoms with Crippen LogP contribution in [-0.2, 0) is 17.3 Å². The zero-order valence-electron chi connectivity index (χ0n) is 10.2. The summed E-state index contributed by atoms with van der Waals surface area (Å²) in [5, 5.41) is 3.18. The molecule has 0 aromatic heterocycles. The van der Waals surface area contributed by atoms with E-state index in [2.05, 4.69) is 5.32 Å². The maximum Gasteiger partial charge on any atom is 0.165 e. The van der Waals surface area contributed by atoms with E-state index in [1.54, 1.807) is 12.3 Å². The van der Waals surface area contributed by atoms with Crippen LogP contribution in [0.2, 0.25) is 0 Å². The summed E-state index contributed by atoms with van der Waals surface area (Å²) < 4.78 is 29.0. The molecule has 0 bridgehead atoms. The minimum absolute atomic E-state index is 0.259. The molecule has 5 heteroatoms. The monoisotopic (exact) mass is 259 g/mol. The van der Waals surface area contributed by atoms with Gasteiger partial charge in [0.2, 0.25) is 0 Å². The van der Waals surface area contributed by atoms with Crippen molar-refractivity contribution in [2.75, 3.05) is 25.7 Å². The summed E-state index contributed by atoms with van der Waals surface area (Å²) in [6.07, 6.45) is 2.56. The highest BCUT2D eigenvalue weighted by molar-refractivity contribution is 7.84. The van der Waals surface area contributed by atoms with Crippen LogP contribution in [0.3, 0.4) is 0 Å². The lowest BCUT2D eigenvalue weighted by Gasteiger charge is -2.06. The van der Waals surface area contributed by atoms with Gasteiger partial charge in [-0.2, -0.15) is 0 Å². The van der Waals surface area contributed by atoms with Gasteiger partial charge in [-0.15, -0.1) is 0 Å². The molecular weight excluding hydrogens is 241 g/mol. The Balaban J connectivity index is 2.32. The van der Waals surface area contributed by atoms with E-state index in [1.807, 2.05) is 6.07 Å². The molecule has 0 saturated carbocycles. The summed E-state index contributed by atoms with van der Waals surface area (Å²) in [7, 11) is 0.708. The molecule has 0 aliphatic carbocycles. The van der Waals surface area contributed by atoms with Gasteiger partial charge in [-0.05, 0) is 30.7 Å². The van der Waals surface area contributed by atoms with Crippen LogP contribution in [0.15, 0.2) is 18.2 Å². The van der Waals surface area contributed by atoms with Gasteiger partial charge in [0.1, 0.15) is 0 Å². The Morgan fingerprint density at radius 3 is 2.82 bits per heavy atom. The summed E-state index contributed by atoms with van der Waals surface area (Å²) in [6, 6.07) is 4.91. The first-order valence-corrected chi connectivity index (χ1v) is 7.19. The zero-order chi connectivity index (χ0) is 12.7. The topological polar surface area (TPSA) is 38.3 Å². The molecule has 1 N–H and O–H groups in total. The third-order valence-electron chi connectivity index (χ3n) is 2.33. The van der Waals surface area contributed by atoms with E-state index in [9.17, 15) is 8.60 Å². The van der Waals surface area contributed by atoms with Crippen molar-refractivity contribution in [3.8, 4) is 5.75 Å². The third-order valence-corrected chi connectivity index (χ3v) is 3.19. The van der Waals surface area contributed by atoms with Gasteiger partial charge in [-0.1, -0.05) is 6.07 Å². The van der Waals surface area contributed by atoms with Gasteiger partial charge in [0.15, 0.2) is 11.6 Å². The first-order chi connectivity index (χ1) is 8.13. The molecule has 1 unspecified atom stereocenters. The van der Waals surface area contributed by atoms with E-state index in [4.69, 9.17) is 4.74 Å². The van der Waals surface area contributed by atoms with Crippen molar-refractivity contribution in [2.45, 2.75) is 13.0 Å². The lowest BCUT2D eigenvalue weighted by Crippen LogP contribution is -2.16. The Labute approximate surface area is 104 Å². The molecule has 0 heterocycles. The number of benzene rings is 1. The Bertz CT molecular complexity index is 385. The quantitative estimate of drug-likeness (QED) is 0.757. The van der Waals surface area contributed by atoms with E-state index in [1.165, 1.54) is 13.2 Å². The highest BCUT2D eigenvalue weighted by Gasteiger charge is 2.02. The molecule has 0 spiro atoms. The second kappa shape index (κ2) is 7.40. The molecule has 0 amide bonds. The predicted molar refractivity (Wildman–Crippen MR) is 68.2 cm³/mol. The molecular formula is C12H18FNO2S. The fourth-order valence-corrected chi connectivity index (χ4v) is 2.00. The number of rotatable bonds is 7. The fourth-order valence-electron chi connectivity index (χ4n) is 1.45. The second-order valence-corrected chi connectivity index (χ2v) is 5.33. The minimum Gasteiger partial charge on any atom is -0.494 e. The van der Waals surface area contributed by atoms with Crippen LogP contribution in [0.4, 0.5) is 4.39 Å². The third kappa shape index (κ3) is 5.28. The van der Waals surface area contributed by atoms with Crippen molar-refractivity contribution < 1.29 is 13.3 Å². The molecule has 0 radical (unpaired) electrons. The lowest BCUT2D eigenvalue weighted by atomic mass is 10.2. The number of methoxy groups -OCH3 is 1. The summed E-state index contributed by atoms with van der Waals surface area (Å²) in [6.45, 7) is 1.39. The molecule has 96 valence electrons. The van der Waals surface area contributed by atoms with Gasteiger partial charge < -0.3 is 10.1 Å². The molecule has 1 aromatic carbocycles. The minimum atomic E-state index is -0.738. The SMILES string of the molecule is COc1ccc(CNCCCS(C)=O)cc1F. The molecule has 3 nitrogen and oxygen atoms in total. The first kappa shape index (κ1) is 14.1. The summed E-state index contributed by atoms with van der Waals surface area (Å²) in [5.41, 5.74) is 0.876. The van der Waals surface area contributed by atoms with Gasteiger partial charge in [0.25, 0.3) is 0 Å². The number of hydrogen-bond donors (Lipinski definition) is 1. The standard InChI is InChI=1S/C12H18FNO2S/c1-16-12-5-4-10(8-11(12)13)9-14-6-3-7-17(2)15/h4-5,8,14H,3,6-7,9H2,1-2H3. The zero-order valence-corrected chi connectivity index (χ0v) is 11.0. The average Bonchev–Trinajstić information content (AvgIpc) is 2.28. The molecule has 0 fully saturated rings. The molecule has 1 atom stereocenters. The largest absolute Gasteiger partial charge is 0.494 e. The van der Waals surface area contributed by atoms with Crippen LogP contribution >= 0.6 is 0 Å². The van der Waals surface area contributed by atoms with Crippen LogP contribution in [0.5, 0.6) is 5.75 Å². The van der Waals surface area contributed by atoms with Crippen molar-refractivity contribution in [1.82, 2.24) is 5.32 Å². The molecule has 0 aliphatic heterocycles. The van der Waals surface area contributed by atoms with Crippen LogP contribution < -0.4 is 10.1 Å². The Kier molecular flexibility index (Phi) is 6.15. The second-order valence-electron chi connectivity index (χ2n) is 3.78. The average molecular weight is 259 g/mol. The fraction of sp³-hybridized carbons (Fsp3) is 0.500. The maximum absolute atomic E-state index is 13.3. The van der Waals surface area contributed by atoms with Gasteiger partial charge in [-0.3, -0.25) is 4.21 Å². The molecule has 0 saturated heterocycles. The molecule has 17 heavy (non-hydrogen) atoms. The van der Waals surface area contributed by atoms with Crippen LogP contribution in [0.25, 0.3) is 0 Å². The number of ether oxygens (including phenoxy) is 1. The van der Waals surface area contributed by atoms with Crippen molar-refractivity contribution in [3.05, 3.63) is 29.6 Å². The van der Waals surface area contributed by atoms with E-state index >= 15 is 0 Å². The van der Waals surface area contributed by atoms with Gasteiger partial charge in [0, 0.05) is 29.4 Å². The van der Waals surface area contributed by atoms with Gasteiger partial charge in [-0.25, -0.2) is 4.39 Å². The predicted octanol–water partition coefficient (Wildman–Crippen LogP) is 1.69. The Morgan fingerprint density at radius 1 is 1.47 bits per heavy atom. The van der Waals surface area contributed by atoms with E-state index < -0.39 is 10.8 Å². The van der Waals surface area contributed by atoms with E-state index in [0.717, 1.165) is 18.5 Å². The number of hydrogen-bond acceptors (Lipinski definition) is 3. The number of halogens is 1. The first-order valence-electron chi connectivity index (χ1n) is 5.46. The highest BCUT2D eigenvalue weighted by atomic mass is 32.2. The molecule has 1 rings (SSSR count). The van der Waals surface area contributed by atoms with Gasteiger partial charge >= 0.3 is 0 Å². The van der Waals surface area contributed by atoms with E-state index in [0.29, 0.717) is 12.3 Å². The van der Waals surface area contributed by atoms with E-state index in [-0.39, 0.29) is 11.6 Å². The lowest BCUT2D eigenvalue weighted by molar-refractivity contribution is 0.386. The molecule has 0 aliphatic rings. The van der Waals surface area contributed by atoms with Crippen molar-refractivity contribution >= 4 is 10.8 Å². The normalized spacial score (nSPS) is 12.4. The van der Waals surface area contributed by atoms with Crippen LogP contribution in [-0.4, -0.2) is 29.9 Å². The van der Waals surface area contributed by atoms with Crippen molar-refractivity contribution in [2.24, 2.45) is 0 Å². The van der Waals surface area contributed by atoms with Crippen LogP contribution in [0, 0.1) is 5.82 Å². The summed E-state index contributed by atoms with van der Waals surface area (Å²) in [4.78, 5) is 0. The Hall–Kier alpha value is -0.940. The maximum atomic E-state index is 13.3. The van der Waals surface area contributed by atoms with Gasteiger partial charge in [0.05, 0.1) is 7.11 Å². The smallest absolute Gasteiger partial charge is 0.165 e. The van der Waals surface area contributed by atoms with Crippen molar-refractivity contribution in [1.29, 1.82) is 0 Å². The summed E-state index contributed by atoms with van der Waals surface area (Å²) >= 11 is 0. The van der Waals surface area contributed by atoms with Crippen LogP contribution in [0.1, 0.15) is 12.0 Å².